The molecule has 4 saturated heterocycles. The van der Waals surface area contributed by atoms with Gasteiger partial charge in [-0.15, -0.1) is 11.3 Å². The lowest BCUT2D eigenvalue weighted by Crippen LogP contribution is -2.50. The highest BCUT2D eigenvalue weighted by atomic mass is 32.1. The second kappa shape index (κ2) is 16.7. The number of para-hydroxylation sites is 1. The van der Waals surface area contributed by atoms with Gasteiger partial charge < -0.3 is 35.1 Å². The molecule has 50 heavy (non-hydrogen) atoms. The molecule has 0 spiro atoms. The Balaban J connectivity index is 1.22. The van der Waals surface area contributed by atoms with Crippen molar-refractivity contribution >= 4 is 51.0 Å². The number of alkyl carbamates (subject to hydrolysis) is 1. The number of amides is 3. The number of benzene rings is 1. The molecule has 0 saturated carbocycles. The third kappa shape index (κ3) is 9.06. The number of aromatic nitrogens is 1. The van der Waals surface area contributed by atoms with Crippen LogP contribution in [0.5, 0.6) is 0 Å². The van der Waals surface area contributed by atoms with Crippen molar-refractivity contribution in [2.24, 2.45) is 23.7 Å². The van der Waals surface area contributed by atoms with Crippen LogP contribution in [-0.4, -0.2) is 110 Å². The van der Waals surface area contributed by atoms with E-state index in [-0.39, 0.29) is 53.3 Å². The van der Waals surface area contributed by atoms with Gasteiger partial charge in [0.2, 0.25) is 17.6 Å². The number of nitrogens with one attached hydrogen (secondary N) is 3. The van der Waals surface area contributed by atoms with Crippen LogP contribution in [0.15, 0.2) is 24.3 Å². The van der Waals surface area contributed by atoms with Crippen LogP contribution in [0.25, 0.3) is 10.2 Å². The van der Waals surface area contributed by atoms with Gasteiger partial charge in [-0.1, -0.05) is 12.1 Å². The smallest absolute Gasteiger partial charge is 0.408 e. The molecule has 3 N–H and O–H groups in total. The van der Waals surface area contributed by atoms with Gasteiger partial charge in [-0.2, -0.15) is 0 Å². The van der Waals surface area contributed by atoms with E-state index in [4.69, 9.17) is 14.2 Å². The van der Waals surface area contributed by atoms with Gasteiger partial charge in [-0.25, -0.2) is 9.78 Å². The van der Waals surface area contributed by atoms with Gasteiger partial charge in [0.05, 0.1) is 42.1 Å². The number of likely N-dealkylation sites (tertiary alicyclic amines) is 1. The number of carbonyl (C=O) groups excluding carboxylic acids is 5. The number of hydrogen-bond acceptors (Lipinski definition) is 11. The van der Waals surface area contributed by atoms with Crippen LogP contribution in [0, 0.1) is 23.7 Å². The maximum Gasteiger partial charge on any atom is 0.408 e. The predicted octanol–water partition coefficient (Wildman–Crippen LogP) is 3.11. The topological polar surface area (TPSA) is 165 Å². The molecule has 0 bridgehead atoms. The van der Waals surface area contributed by atoms with Crippen LogP contribution in [-0.2, 0) is 28.6 Å². The molecule has 6 rings (SSSR count). The van der Waals surface area contributed by atoms with Crippen molar-refractivity contribution < 1.29 is 38.2 Å². The summed E-state index contributed by atoms with van der Waals surface area (Å²) in [6.07, 6.45) is 2.04. The van der Waals surface area contributed by atoms with Gasteiger partial charge in [0.25, 0.3) is 0 Å². The normalized spacial score (nSPS) is 25.8. The molecule has 272 valence electrons. The Hall–Kier alpha value is -3.46. The maximum absolute atomic E-state index is 14.4. The SMILES string of the molecule is CC(C)N1CCC(C[C@H](CC(=O)[C@@H](NC(=O)OC2CCOC2)C2CCOC2)C(=O)N[C@@H](C[C@@H]2CCNC2=O)C(=O)c2nc3ccccc3s2)C1. The molecule has 4 fully saturated rings. The van der Waals surface area contributed by atoms with Crippen LogP contribution in [0.1, 0.15) is 68.6 Å². The molecule has 0 aliphatic carbocycles. The maximum atomic E-state index is 14.4. The first-order valence-corrected chi connectivity index (χ1v) is 18.8. The van der Waals surface area contributed by atoms with Gasteiger partial charge in [-0.3, -0.25) is 19.2 Å². The first-order valence-electron chi connectivity index (χ1n) is 18.0. The second-order valence-electron chi connectivity index (χ2n) is 14.4. The van der Waals surface area contributed by atoms with E-state index in [1.807, 2.05) is 24.3 Å². The predicted molar refractivity (Wildman–Crippen MR) is 186 cm³/mol. The van der Waals surface area contributed by atoms with E-state index in [2.05, 4.69) is 39.7 Å². The van der Waals surface area contributed by atoms with Crippen molar-refractivity contribution in [3.05, 3.63) is 29.3 Å². The van der Waals surface area contributed by atoms with E-state index < -0.39 is 35.9 Å². The largest absolute Gasteiger partial charge is 0.444 e. The fraction of sp³-hybridized carbons (Fsp3) is 0.667. The first kappa shape index (κ1) is 36.3. The van der Waals surface area contributed by atoms with Gasteiger partial charge in [-0.05, 0) is 70.5 Å². The number of rotatable bonds is 15. The molecule has 5 heterocycles. The van der Waals surface area contributed by atoms with Crippen molar-refractivity contribution in [1.29, 1.82) is 0 Å². The summed E-state index contributed by atoms with van der Waals surface area (Å²) in [5, 5.41) is 8.90. The number of Topliss-reactive ketones (excluding diaryl/α,β-unsaturated/α-hetero) is 2. The second-order valence-corrected chi connectivity index (χ2v) is 15.4. The molecule has 0 radical (unpaired) electrons. The lowest BCUT2D eigenvalue weighted by molar-refractivity contribution is -0.131. The highest BCUT2D eigenvalue weighted by Gasteiger charge is 2.39. The zero-order chi connectivity index (χ0) is 35.2. The van der Waals surface area contributed by atoms with Gasteiger partial charge >= 0.3 is 6.09 Å². The summed E-state index contributed by atoms with van der Waals surface area (Å²) < 4.78 is 17.3. The van der Waals surface area contributed by atoms with Gasteiger partial charge in [0, 0.05) is 56.3 Å². The lowest BCUT2D eigenvalue weighted by atomic mass is 9.84. The number of hydrogen-bond donors (Lipinski definition) is 3. The fourth-order valence-electron chi connectivity index (χ4n) is 7.58. The van der Waals surface area contributed by atoms with E-state index in [0.717, 1.165) is 24.2 Å². The minimum absolute atomic E-state index is 0.121. The summed E-state index contributed by atoms with van der Waals surface area (Å²) in [5.74, 6) is -2.44. The van der Waals surface area contributed by atoms with Crippen molar-refractivity contribution in [2.75, 3.05) is 46.1 Å². The molecule has 1 aromatic carbocycles. The molecule has 4 aliphatic rings. The number of nitrogens with zero attached hydrogens (tertiary/aromatic N) is 2. The van der Waals surface area contributed by atoms with E-state index in [1.54, 1.807) is 0 Å². The van der Waals surface area contributed by atoms with E-state index in [0.29, 0.717) is 70.2 Å². The lowest BCUT2D eigenvalue weighted by Gasteiger charge is -2.28. The number of ether oxygens (including phenoxy) is 3. The van der Waals surface area contributed by atoms with Crippen LogP contribution in [0.3, 0.4) is 0 Å². The third-order valence-electron chi connectivity index (χ3n) is 10.5. The summed E-state index contributed by atoms with van der Waals surface area (Å²) in [7, 11) is 0. The van der Waals surface area contributed by atoms with Gasteiger partial charge in [0.1, 0.15) is 6.10 Å². The monoisotopic (exact) mass is 711 g/mol. The van der Waals surface area contributed by atoms with Crippen LogP contribution >= 0.6 is 11.3 Å². The fourth-order valence-corrected chi connectivity index (χ4v) is 8.54. The van der Waals surface area contributed by atoms with Crippen molar-refractivity contribution in [3.63, 3.8) is 0 Å². The Morgan fingerprint density at radius 3 is 2.52 bits per heavy atom. The Bertz CT molecular complexity index is 1500. The Morgan fingerprint density at radius 2 is 1.84 bits per heavy atom. The van der Waals surface area contributed by atoms with Gasteiger partial charge in [0.15, 0.2) is 10.8 Å². The Kier molecular flexibility index (Phi) is 12.1. The average Bonchev–Trinajstić information content (AvgIpc) is 3.94. The molecule has 14 heteroatoms. The van der Waals surface area contributed by atoms with Crippen LogP contribution in [0.4, 0.5) is 4.79 Å². The number of thiazole rings is 1. The highest BCUT2D eigenvalue weighted by Crippen LogP contribution is 2.30. The standard InChI is InChI=1S/C36H49N5O8S/c1-21(2)41-12-8-22(18-41)15-25(17-29(42)31(24-9-13-47-19-24)40-36(46)49-26-10-14-48-20-26)34(45)38-28(16-23-7-11-37-33(23)44)32(43)35-39-27-5-3-4-6-30(27)50-35/h3-6,21-26,28,31H,7-20H2,1-2H3,(H,37,44)(H,38,45)(H,40,46)/t22?,23-,24?,25+,26?,28-,31-/m0/s1. The van der Waals surface area contributed by atoms with Crippen molar-refractivity contribution in [1.82, 2.24) is 25.8 Å². The molecule has 4 aliphatic heterocycles. The molecule has 7 atom stereocenters. The molecule has 13 nitrogen and oxygen atoms in total. The minimum atomic E-state index is -0.994. The van der Waals surface area contributed by atoms with E-state index in [9.17, 15) is 24.0 Å². The number of fused-ring (bicyclic) bond motifs is 1. The number of carbonyl (C=O) groups is 5. The zero-order valence-corrected chi connectivity index (χ0v) is 29.7. The molecule has 1 aromatic heterocycles. The molecule has 2 aromatic rings. The summed E-state index contributed by atoms with van der Waals surface area (Å²) >= 11 is 1.26. The van der Waals surface area contributed by atoms with Crippen LogP contribution < -0.4 is 16.0 Å². The molecular weight excluding hydrogens is 662 g/mol. The van der Waals surface area contributed by atoms with Crippen molar-refractivity contribution in [3.8, 4) is 0 Å². The summed E-state index contributed by atoms with van der Waals surface area (Å²) in [6.45, 7) is 8.12. The number of ketones is 2. The Labute approximate surface area is 296 Å². The van der Waals surface area contributed by atoms with E-state index >= 15 is 0 Å². The summed E-state index contributed by atoms with van der Waals surface area (Å²) in [4.78, 5) is 75.0. The van der Waals surface area contributed by atoms with E-state index in [1.165, 1.54) is 11.3 Å². The summed E-state index contributed by atoms with van der Waals surface area (Å²) in [5.41, 5.74) is 0.692. The quantitative estimate of drug-likeness (QED) is 0.234. The van der Waals surface area contributed by atoms with Crippen LogP contribution in [0.2, 0.25) is 0 Å². The average molecular weight is 712 g/mol. The van der Waals surface area contributed by atoms with Crippen molar-refractivity contribution in [2.45, 2.75) is 83.0 Å². The third-order valence-corrected chi connectivity index (χ3v) is 11.6. The molecule has 3 amide bonds. The highest BCUT2D eigenvalue weighted by molar-refractivity contribution is 7.20. The molecular formula is C36H49N5O8S. The zero-order valence-electron chi connectivity index (χ0n) is 28.9. The minimum Gasteiger partial charge on any atom is -0.444 e. The molecule has 3 unspecified atom stereocenters. The first-order chi connectivity index (χ1) is 24.1. The summed E-state index contributed by atoms with van der Waals surface area (Å²) in [6, 6.07) is 5.93. The Morgan fingerprint density at radius 1 is 1.04 bits per heavy atom.